The second-order valence-corrected chi connectivity index (χ2v) is 4.22. The Balaban J connectivity index is 2.30. The van der Waals surface area contributed by atoms with Gasteiger partial charge in [0.2, 0.25) is 0 Å². The molecule has 1 atom stereocenters. The van der Waals surface area contributed by atoms with Gasteiger partial charge in [0.05, 0.1) is 20.3 Å². The smallest absolute Gasteiger partial charge is 0.166 e. The molecule has 3 heteroatoms. The van der Waals surface area contributed by atoms with E-state index in [1.807, 2.05) is 18.2 Å². The van der Waals surface area contributed by atoms with Gasteiger partial charge in [0.15, 0.2) is 11.5 Å². The van der Waals surface area contributed by atoms with Crippen molar-refractivity contribution in [3.05, 3.63) is 23.8 Å². The van der Waals surface area contributed by atoms with Crippen LogP contribution in [-0.2, 0) is 0 Å². The van der Waals surface area contributed by atoms with Gasteiger partial charge in [0, 0.05) is 5.56 Å². The second-order valence-electron chi connectivity index (χ2n) is 4.22. The van der Waals surface area contributed by atoms with Crippen LogP contribution in [0.2, 0.25) is 0 Å². The van der Waals surface area contributed by atoms with Gasteiger partial charge in [-0.3, -0.25) is 0 Å². The fourth-order valence-electron chi connectivity index (χ4n) is 2.15. The Morgan fingerprint density at radius 2 is 2.00 bits per heavy atom. The van der Waals surface area contributed by atoms with Crippen LogP contribution in [0.3, 0.4) is 0 Å². The Kier molecular flexibility index (Phi) is 3.34. The van der Waals surface area contributed by atoms with Crippen LogP contribution in [0.15, 0.2) is 18.2 Å². The average molecular weight is 222 g/mol. The summed E-state index contributed by atoms with van der Waals surface area (Å²) in [7, 11) is 3.21. The topological polar surface area (TPSA) is 38.7 Å². The van der Waals surface area contributed by atoms with Crippen molar-refractivity contribution in [1.82, 2.24) is 0 Å². The van der Waals surface area contributed by atoms with Crippen LogP contribution in [-0.4, -0.2) is 19.3 Å². The molecule has 0 bridgehead atoms. The van der Waals surface area contributed by atoms with Crippen LogP contribution < -0.4 is 9.47 Å². The van der Waals surface area contributed by atoms with Crippen molar-refractivity contribution in [3.63, 3.8) is 0 Å². The molecule has 1 aliphatic rings. The number of hydrogen-bond donors (Lipinski definition) is 1. The zero-order valence-corrected chi connectivity index (χ0v) is 9.77. The Morgan fingerprint density at radius 1 is 1.25 bits per heavy atom. The molecule has 0 aliphatic heterocycles. The van der Waals surface area contributed by atoms with Crippen molar-refractivity contribution in [2.75, 3.05) is 14.2 Å². The molecule has 0 heterocycles. The lowest BCUT2D eigenvalue weighted by atomic mass is 9.78. The highest BCUT2D eigenvalue weighted by atomic mass is 16.5. The molecule has 0 amide bonds. The van der Waals surface area contributed by atoms with Gasteiger partial charge in [-0.05, 0) is 24.8 Å². The predicted molar refractivity (Wildman–Crippen MR) is 61.8 cm³/mol. The summed E-state index contributed by atoms with van der Waals surface area (Å²) in [5.74, 6) is 1.71. The molecule has 0 aromatic heterocycles. The molecule has 0 saturated heterocycles. The maximum absolute atomic E-state index is 10.2. The number of aliphatic hydroxyl groups excluding tert-OH is 1. The maximum Gasteiger partial charge on any atom is 0.166 e. The molecule has 1 saturated carbocycles. The van der Waals surface area contributed by atoms with Crippen molar-refractivity contribution >= 4 is 0 Å². The summed E-state index contributed by atoms with van der Waals surface area (Å²) in [4.78, 5) is 0. The molecule has 3 nitrogen and oxygen atoms in total. The number of methoxy groups -OCH3 is 2. The minimum Gasteiger partial charge on any atom is -0.493 e. The van der Waals surface area contributed by atoms with Crippen LogP contribution in [0.25, 0.3) is 0 Å². The summed E-state index contributed by atoms with van der Waals surface area (Å²) in [5.41, 5.74) is 0.839. The van der Waals surface area contributed by atoms with Crippen molar-refractivity contribution in [3.8, 4) is 11.5 Å². The van der Waals surface area contributed by atoms with E-state index >= 15 is 0 Å². The third-order valence-corrected chi connectivity index (χ3v) is 3.35. The Labute approximate surface area is 96.0 Å². The van der Waals surface area contributed by atoms with E-state index < -0.39 is 6.10 Å². The molecular formula is C13H18O3. The van der Waals surface area contributed by atoms with Crippen LogP contribution in [0, 0.1) is 5.92 Å². The summed E-state index contributed by atoms with van der Waals surface area (Å²) < 4.78 is 10.5. The lowest BCUT2D eigenvalue weighted by molar-refractivity contribution is 0.0597. The van der Waals surface area contributed by atoms with Gasteiger partial charge in [-0.25, -0.2) is 0 Å². The first-order valence-corrected chi connectivity index (χ1v) is 5.67. The van der Waals surface area contributed by atoms with Crippen LogP contribution in [0.5, 0.6) is 11.5 Å². The number of benzene rings is 1. The Bertz CT molecular complexity index is 358. The van der Waals surface area contributed by atoms with E-state index in [0.717, 1.165) is 18.4 Å². The predicted octanol–water partition coefficient (Wildman–Crippen LogP) is 2.54. The second kappa shape index (κ2) is 4.74. The third-order valence-electron chi connectivity index (χ3n) is 3.35. The Morgan fingerprint density at radius 3 is 2.50 bits per heavy atom. The zero-order valence-electron chi connectivity index (χ0n) is 9.77. The molecule has 1 fully saturated rings. The van der Waals surface area contributed by atoms with Crippen LogP contribution in [0.1, 0.15) is 30.9 Å². The Hall–Kier alpha value is -1.22. The van der Waals surface area contributed by atoms with E-state index in [-0.39, 0.29) is 0 Å². The monoisotopic (exact) mass is 222 g/mol. The highest BCUT2D eigenvalue weighted by Crippen LogP contribution is 2.43. The van der Waals surface area contributed by atoms with Crippen molar-refractivity contribution in [2.24, 2.45) is 5.92 Å². The molecule has 1 aromatic rings. The van der Waals surface area contributed by atoms with Crippen molar-refractivity contribution in [1.29, 1.82) is 0 Å². The highest BCUT2D eigenvalue weighted by Gasteiger charge is 2.29. The summed E-state index contributed by atoms with van der Waals surface area (Å²) in [6.07, 6.45) is 2.98. The van der Waals surface area contributed by atoms with E-state index in [9.17, 15) is 5.11 Å². The quantitative estimate of drug-likeness (QED) is 0.850. The molecular weight excluding hydrogens is 204 g/mol. The molecule has 1 unspecified atom stereocenters. The standard InChI is InChI=1S/C13H18O3/c1-15-11-8-4-7-10(13(11)16-2)12(14)9-5-3-6-9/h4,7-9,12,14H,3,5-6H2,1-2H3. The molecule has 2 rings (SSSR count). The average Bonchev–Trinajstić information content (AvgIpc) is 2.25. The molecule has 16 heavy (non-hydrogen) atoms. The first kappa shape index (κ1) is 11.3. The lowest BCUT2D eigenvalue weighted by Gasteiger charge is -2.31. The van der Waals surface area contributed by atoms with Gasteiger partial charge in [-0.2, -0.15) is 0 Å². The number of hydrogen-bond acceptors (Lipinski definition) is 3. The van der Waals surface area contributed by atoms with Gasteiger partial charge in [-0.1, -0.05) is 18.6 Å². The van der Waals surface area contributed by atoms with Crippen LogP contribution in [0.4, 0.5) is 0 Å². The molecule has 88 valence electrons. The lowest BCUT2D eigenvalue weighted by Crippen LogP contribution is -2.20. The van der Waals surface area contributed by atoms with E-state index in [1.54, 1.807) is 14.2 Å². The third kappa shape index (κ3) is 1.87. The number of rotatable bonds is 4. The number of aliphatic hydroxyl groups is 1. The van der Waals surface area contributed by atoms with Gasteiger partial charge in [-0.15, -0.1) is 0 Å². The summed E-state index contributed by atoms with van der Waals surface area (Å²) in [6.45, 7) is 0. The molecule has 1 aromatic carbocycles. The minimum atomic E-state index is -0.432. The zero-order chi connectivity index (χ0) is 11.5. The van der Waals surface area contributed by atoms with E-state index in [1.165, 1.54) is 6.42 Å². The fraction of sp³-hybridized carbons (Fsp3) is 0.538. The molecule has 1 aliphatic carbocycles. The fourth-order valence-corrected chi connectivity index (χ4v) is 2.15. The number of para-hydroxylation sites is 1. The summed E-state index contributed by atoms with van der Waals surface area (Å²) >= 11 is 0. The molecule has 0 spiro atoms. The first-order valence-electron chi connectivity index (χ1n) is 5.67. The van der Waals surface area contributed by atoms with Crippen LogP contribution >= 0.6 is 0 Å². The summed E-state index contributed by atoms with van der Waals surface area (Å²) in [5, 5.41) is 10.2. The largest absolute Gasteiger partial charge is 0.493 e. The van der Waals surface area contributed by atoms with Gasteiger partial charge in [0.1, 0.15) is 0 Å². The SMILES string of the molecule is COc1cccc(C(O)C2CCC2)c1OC. The van der Waals surface area contributed by atoms with Gasteiger partial charge in [0.25, 0.3) is 0 Å². The number of ether oxygens (including phenoxy) is 2. The summed E-state index contributed by atoms with van der Waals surface area (Å²) in [6, 6.07) is 5.64. The van der Waals surface area contributed by atoms with Crippen molar-refractivity contribution < 1.29 is 14.6 Å². The normalized spacial score (nSPS) is 17.7. The minimum absolute atomic E-state index is 0.376. The van der Waals surface area contributed by atoms with Gasteiger partial charge < -0.3 is 14.6 Å². The molecule has 1 N–H and O–H groups in total. The van der Waals surface area contributed by atoms with E-state index in [2.05, 4.69) is 0 Å². The highest BCUT2D eigenvalue weighted by molar-refractivity contribution is 5.47. The molecule has 0 radical (unpaired) electrons. The van der Waals surface area contributed by atoms with E-state index in [0.29, 0.717) is 17.4 Å². The van der Waals surface area contributed by atoms with Crippen molar-refractivity contribution in [2.45, 2.75) is 25.4 Å². The maximum atomic E-state index is 10.2. The van der Waals surface area contributed by atoms with E-state index in [4.69, 9.17) is 9.47 Å². The van der Waals surface area contributed by atoms with Gasteiger partial charge >= 0.3 is 0 Å². The first-order chi connectivity index (χ1) is 7.77.